The van der Waals surface area contributed by atoms with Gasteiger partial charge in [0, 0.05) is 49.7 Å². The van der Waals surface area contributed by atoms with Gasteiger partial charge in [0.05, 0.1) is 7.11 Å². The molecule has 0 saturated carbocycles. The zero-order valence-electron chi connectivity index (χ0n) is 17.8. The molecule has 1 radical (unpaired) electrons. The molecule has 159 valence electrons. The molecule has 0 unspecified atom stereocenters. The van der Waals surface area contributed by atoms with Gasteiger partial charge in [-0.2, -0.15) is 0 Å². The molecule has 1 saturated heterocycles. The Hall–Kier alpha value is -3.06. The van der Waals surface area contributed by atoms with E-state index in [-0.39, 0.29) is 11.9 Å². The Morgan fingerprint density at radius 3 is 2.00 bits per heavy atom. The maximum atomic E-state index is 12.5. The summed E-state index contributed by atoms with van der Waals surface area (Å²) in [6.45, 7) is 8.41. The van der Waals surface area contributed by atoms with Crippen molar-refractivity contribution in [3.63, 3.8) is 0 Å². The molecule has 1 fully saturated rings. The molecular weight excluding hydrogens is 380 g/mol. The zero-order chi connectivity index (χ0) is 21.5. The molecule has 0 atom stereocenters. The third-order valence-electron chi connectivity index (χ3n) is 4.95. The highest BCUT2D eigenvalue weighted by atomic mass is 16.5. The average molecular weight is 410 g/mol. The summed E-state index contributed by atoms with van der Waals surface area (Å²) in [6.07, 6.45) is 0. The van der Waals surface area contributed by atoms with Gasteiger partial charge in [0.15, 0.2) is 0 Å². The van der Waals surface area contributed by atoms with E-state index in [1.165, 1.54) is 5.92 Å². The molecule has 1 aliphatic heterocycles. The number of amides is 3. The van der Waals surface area contributed by atoms with Crippen LogP contribution in [0.15, 0.2) is 48.5 Å². The van der Waals surface area contributed by atoms with Gasteiger partial charge in [0.2, 0.25) is 0 Å². The number of hydrogen-bond acceptors (Lipinski definition) is 4. The van der Waals surface area contributed by atoms with Crippen LogP contribution >= 0.6 is 0 Å². The first-order valence-corrected chi connectivity index (χ1v) is 10.1. The molecule has 3 rings (SSSR count). The summed E-state index contributed by atoms with van der Waals surface area (Å²) in [5.74, 6) is 1.90. The van der Waals surface area contributed by atoms with Crippen molar-refractivity contribution in [2.24, 2.45) is 0 Å². The quantitative estimate of drug-likeness (QED) is 0.763. The normalized spacial score (nSPS) is 14.5. The van der Waals surface area contributed by atoms with Crippen molar-refractivity contribution in [2.75, 3.05) is 50.5 Å². The van der Waals surface area contributed by atoms with Crippen LogP contribution in [0.3, 0.4) is 0 Å². The van der Waals surface area contributed by atoms with Crippen LogP contribution in [0.1, 0.15) is 24.2 Å². The largest absolute Gasteiger partial charge is 0.497 e. The number of carbonyl (C=O) groups excluding carboxylic acids is 2. The topological polar surface area (TPSA) is 73.9 Å². The van der Waals surface area contributed by atoms with E-state index in [4.69, 9.17) is 4.74 Å². The lowest BCUT2D eigenvalue weighted by molar-refractivity contribution is 0.102. The number of ether oxygens (including phenoxy) is 1. The van der Waals surface area contributed by atoms with Gasteiger partial charge in [-0.3, -0.25) is 9.69 Å². The Bertz CT molecular complexity index is 842. The molecule has 0 aliphatic carbocycles. The van der Waals surface area contributed by atoms with Crippen molar-refractivity contribution >= 4 is 23.3 Å². The molecule has 2 N–H and O–H groups in total. The van der Waals surface area contributed by atoms with Gasteiger partial charge in [0.1, 0.15) is 5.75 Å². The van der Waals surface area contributed by atoms with E-state index in [0.717, 1.165) is 25.4 Å². The number of piperazine rings is 1. The van der Waals surface area contributed by atoms with E-state index in [0.29, 0.717) is 30.0 Å². The van der Waals surface area contributed by atoms with Crippen molar-refractivity contribution in [2.45, 2.75) is 13.8 Å². The van der Waals surface area contributed by atoms with E-state index >= 15 is 0 Å². The number of anilines is 2. The predicted octanol–water partition coefficient (Wildman–Crippen LogP) is 3.71. The summed E-state index contributed by atoms with van der Waals surface area (Å²) in [5, 5.41) is 5.76. The first kappa shape index (κ1) is 21.6. The van der Waals surface area contributed by atoms with Crippen LogP contribution in [-0.4, -0.2) is 61.6 Å². The molecule has 1 heterocycles. The third-order valence-corrected chi connectivity index (χ3v) is 4.95. The summed E-state index contributed by atoms with van der Waals surface area (Å²) in [6, 6.07) is 13.9. The monoisotopic (exact) mass is 409 g/mol. The molecule has 3 amide bonds. The maximum Gasteiger partial charge on any atom is 0.321 e. The molecule has 0 spiro atoms. The number of benzene rings is 2. The van der Waals surface area contributed by atoms with Crippen LogP contribution in [0.4, 0.5) is 16.2 Å². The summed E-state index contributed by atoms with van der Waals surface area (Å²) in [7, 11) is 1.60. The van der Waals surface area contributed by atoms with E-state index in [1.54, 1.807) is 55.6 Å². The lowest BCUT2D eigenvalue weighted by Gasteiger charge is -2.35. The van der Waals surface area contributed by atoms with Crippen LogP contribution in [0.25, 0.3) is 0 Å². The second-order valence-electron chi connectivity index (χ2n) is 7.66. The molecule has 30 heavy (non-hydrogen) atoms. The van der Waals surface area contributed by atoms with Crippen LogP contribution in [-0.2, 0) is 0 Å². The number of nitrogens with zero attached hydrogens (tertiary/aromatic N) is 2. The van der Waals surface area contributed by atoms with Crippen LogP contribution in [0.2, 0.25) is 0 Å². The van der Waals surface area contributed by atoms with Crippen molar-refractivity contribution in [1.82, 2.24) is 9.80 Å². The van der Waals surface area contributed by atoms with E-state index in [9.17, 15) is 9.59 Å². The average Bonchev–Trinajstić information content (AvgIpc) is 2.75. The molecule has 0 bridgehead atoms. The molecule has 7 nitrogen and oxygen atoms in total. The standard InChI is InChI=1S/C23H29N4O3/c1-17(2)16-26-12-14-27(15-13-26)23(29)25-20-6-4-18(5-7-20)22(28)24-19-8-10-21(30-3)11-9-19/h4-11H,12-16H2,1-3H3,(H,24,28)(H,25,29). The summed E-state index contributed by atoms with van der Waals surface area (Å²) in [5.41, 5.74) is 1.87. The lowest BCUT2D eigenvalue weighted by atomic mass is 10.2. The highest BCUT2D eigenvalue weighted by Gasteiger charge is 2.21. The fraction of sp³-hybridized carbons (Fsp3) is 0.348. The highest BCUT2D eigenvalue weighted by molar-refractivity contribution is 6.04. The SMILES string of the molecule is COc1ccc(NC(=O)c2ccc(NC(=O)N3CCN(C[C](C)C)CC3)cc2)cc1. The smallest absolute Gasteiger partial charge is 0.321 e. The molecule has 2 aromatic rings. The minimum Gasteiger partial charge on any atom is -0.497 e. The van der Waals surface area contributed by atoms with Gasteiger partial charge >= 0.3 is 6.03 Å². The second-order valence-corrected chi connectivity index (χ2v) is 7.66. The van der Waals surface area contributed by atoms with E-state index < -0.39 is 0 Å². The van der Waals surface area contributed by atoms with Crippen LogP contribution < -0.4 is 15.4 Å². The summed E-state index contributed by atoms with van der Waals surface area (Å²) in [4.78, 5) is 29.1. The van der Waals surface area contributed by atoms with Crippen molar-refractivity contribution in [3.8, 4) is 5.75 Å². The fourth-order valence-corrected chi connectivity index (χ4v) is 3.34. The molecule has 0 aromatic heterocycles. The van der Waals surface area contributed by atoms with Gasteiger partial charge in [0.25, 0.3) is 5.91 Å². The first-order chi connectivity index (χ1) is 14.4. The number of rotatable bonds is 6. The van der Waals surface area contributed by atoms with Crippen molar-refractivity contribution in [3.05, 3.63) is 60.0 Å². The van der Waals surface area contributed by atoms with Gasteiger partial charge in [-0.1, -0.05) is 13.8 Å². The minimum absolute atomic E-state index is 0.109. The van der Waals surface area contributed by atoms with E-state index in [1.807, 2.05) is 4.90 Å². The predicted molar refractivity (Wildman–Crippen MR) is 119 cm³/mol. The van der Waals surface area contributed by atoms with E-state index in [2.05, 4.69) is 29.4 Å². The van der Waals surface area contributed by atoms with Crippen LogP contribution in [0, 0.1) is 5.92 Å². The lowest BCUT2D eigenvalue weighted by Crippen LogP contribution is -2.50. The Labute approximate surface area is 178 Å². The maximum absolute atomic E-state index is 12.5. The number of urea groups is 1. The Balaban J connectivity index is 1.50. The molecule has 2 aromatic carbocycles. The number of methoxy groups -OCH3 is 1. The van der Waals surface area contributed by atoms with Crippen LogP contribution in [0.5, 0.6) is 5.75 Å². The Kier molecular flexibility index (Phi) is 7.30. The van der Waals surface area contributed by atoms with Crippen molar-refractivity contribution in [1.29, 1.82) is 0 Å². The summed E-state index contributed by atoms with van der Waals surface area (Å²) < 4.78 is 5.11. The van der Waals surface area contributed by atoms with Gasteiger partial charge in [-0.25, -0.2) is 4.79 Å². The third kappa shape index (κ3) is 5.97. The van der Waals surface area contributed by atoms with Gasteiger partial charge in [-0.15, -0.1) is 0 Å². The molecule has 1 aliphatic rings. The molecular formula is C23H29N4O3. The molecule has 7 heteroatoms. The highest BCUT2D eigenvalue weighted by Crippen LogP contribution is 2.17. The Morgan fingerprint density at radius 1 is 0.867 bits per heavy atom. The number of nitrogens with one attached hydrogen (secondary N) is 2. The zero-order valence-corrected chi connectivity index (χ0v) is 17.8. The number of hydrogen-bond donors (Lipinski definition) is 2. The Morgan fingerprint density at radius 2 is 1.43 bits per heavy atom. The van der Waals surface area contributed by atoms with Crippen molar-refractivity contribution < 1.29 is 14.3 Å². The van der Waals surface area contributed by atoms with Gasteiger partial charge in [-0.05, 0) is 54.4 Å². The number of carbonyl (C=O) groups is 2. The second kappa shape index (κ2) is 10.1. The summed E-state index contributed by atoms with van der Waals surface area (Å²) >= 11 is 0. The van der Waals surface area contributed by atoms with Gasteiger partial charge < -0.3 is 20.3 Å². The fourth-order valence-electron chi connectivity index (χ4n) is 3.34. The minimum atomic E-state index is -0.211. The first-order valence-electron chi connectivity index (χ1n) is 10.1.